The van der Waals surface area contributed by atoms with Crippen LogP contribution in [0, 0.1) is 0 Å². The van der Waals surface area contributed by atoms with Gasteiger partial charge in [-0.25, -0.2) is 4.79 Å². The Kier molecular flexibility index (Phi) is 35.3. The summed E-state index contributed by atoms with van der Waals surface area (Å²) in [7, 11) is 0. The molecule has 0 aliphatic rings. The number of rotatable bonds is 36. The number of alkyl carbamates (subject to hydrolysis) is 1. The van der Waals surface area contributed by atoms with Gasteiger partial charge in [0.1, 0.15) is 6.29 Å². The van der Waals surface area contributed by atoms with Crippen LogP contribution in [0.4, 0.5) is 4.79 Å². The van der Waals surface area contributed by atoms with Crippen molar-refractivity contribution in [1.82, 2.24) is 5.32 Å². The predicted molar refractivity (Wildman–Crippen MR) is 155 cm³/mol. The first-order chi connectivity index (χ1) is 21.2. The summed E-state index contributed by atoms with van der Waals surface area (Å²) in [4.78, 5) is 22.4. The predicted octanol–water partition coefficient (Wildman–Crippen LogP) is -1.25. The van der Waals surface area contributed by atoms with Crippen LogP contribution in [0.2, 0.25) is 0 Å². The molecule has 5 N–H and O–H groups in total. The number of carbonyl (C=O) groups is 2. The second-order valence-electron chi connectivity index (χ2n) is 8.54. The molecule has 256 valence electrons. The van der Waals surface area contributed by atoms with Gasteiger partial charge in [-0.05, 0) is 0 Å². The Bertz CT molecular complexity index is 560. The fourth-order valence-corrected chi connectivity index (χ4v) is 2.90. The van der Waals surface area contributed by atoms with Gasteiger partial charge in [0.2, 0.25) is 0 Å². The molecule has 0 saturated heterocycles. The molecule has 1 amide bonds. The van der Waals surface area contributed by atoms with E-state index >= 15 is 0 Å². The SMILES string of the molecule is NCCOCCOCCOCC(COCCOCCOCCN)OC(=O)NCCOCCOCCOCCOCCC=O. The van der Waals surface area contributed by atoms with Gasteiger partial charge in [-0.2, -0.15) is 0 Å². The average molecular weight is 630 g/mol. The van der Waals surface area contributed by atoms with Gasteiger partial charge in [-0.3, -0.25) is 0 Å². The van der Waals surface area contributed by atoms with Crippen LogP contribution in [0.15, 0.2) is 0 Å². The summed E-state index contributed by atoms with van der Waals surface area (Å²) < 4.78 is 59.4. The Morgan fingerprint density at radius 3 is 1.26 bits per heavy atom. The highest BCUT2D eigenvalue weighted by atomic mass is 16.6. The largest absolute Gasteiger partial charge is 0.441 e. The van der Waals surface area contributed by atoms with Gasteiger partial charge < -0.3 is 73.7 Å². The summed E-state index contributed by atoms with van der Waals surface area (Å²) in [6.07, 6.45) is -0.0278. The number of carbonyl (C=O) groups excluding carboxylic acids is 2. The minimum Gasteiger partial charge on any atom is -0.441 e. The van der Waals surface area contributed by atoms with Crippen molar-refractivity contribution in [2.45, 2.75) is 12.5 Å². The number of nitrogens with two attached hydrogens (primary N) is 2. The topological polar surface area (TPSA) is 200 Å². The van der Waals surface area contributed by atoms with Crippen LogP contribution in [-0.2, 0) is 56.9 Å². The van der Waals surface area contributed by atoms with Crippen molar-refractivity contribution in [3.63, 3.8) is 0 Å². The lowest BCUT2D eigenvalue weighted by Gasteiger charge is -2.19. The van der Waals surface area contributed by atoms with Crippen molar-refractivity contribution in [1.29, 1.82) is 0 Å². The normalized spacial score (nSPS) is 11.3. The summed E-state index contributed by atoms with van der Waals surface area (Å²) in [6, 6.07) is 0. The Balaban J connectivity index is 3.94. The molecular formula is C27H55N3O13. The molecule has 16 heteroatoms. The summed E-state index contributed by atoms with van der Waals surface area (Å²) >= 11 is 0. The molecule has 0 rings (SSSR count). The van der Waals surface area contributed by atoms with Gasteiger partial charge in [-0.15, -0.1) is 0 Å². The van der Waals surface area contributed by atoms with Crippen LogP contribution in [0.1, 0.15) is 6.42 Å². The first kappa shape index (κ1) is 41.5. The summed E-state index contributed by atoms with van der Waals surface area (Å²) in [6.45, 7) is 8.89. The molecule has 0 fully saturated rings. The minimum atomic E-state index is -0.625. The molecule has 16 nitrogen and oxygen atoms in total. The van der Waals surface area contributed by atoms with Gasteiger partial charge in [0, 0.05) is 26.1 Å². The Morgan fingerprint density at radius 1 is 0.512 bits per heavy atom. The van der Waals surface area contributed by atoms with E-state index in [-0.39, 0.29) is 19.8 Å². The molecule has 0 aromatic rings. The van der Waals surface area contributed by atoms with E-state index in [1.165, 1.54) is 0 Å². The highest BCUT2D eigenvalue weighted by molar-refractivity contribution is 5.67. The molecular weight excluding hydrogens is 574 g/mol. The van der Waals surface area contributed by atoms with Crippen molar-refractivity contribution < 1.29 is 61.7 Å². The number of hydrogen-bond acceptors (Lipinski definition) is 15. The zero-order chi connectivity index (χ0) is 31.3. The van der Waals surface area contributed by atoms with E-state index in [4.69, 9.17) is 63.6 Å². The lowest BCUT2D eigenvalue weighted by molar-refractivity contribution is -0.109. The molecule has 0 unspecified atom stereocenters. The molecule has 0 radical (unpaired) electrons. The van der Waals surface area contributed by atoms with Gasteiger partial charge in [0.05, 0.1) is 132 Å². The van der Waals surface area contributed by atoms with Gasteiger partial charge in [-0.1, -0.05) is 0 Å². The van der Waals surface area contributed by atoms with Crippen LogP contribution in [0.5, 0.6) is 0 Å². The second-order valence-corrected chi connectivity index (χ2v) is 8.54. The minimum absolute atomic E-state index is 0.138. The Labute approximate surface area is 255 Å². The van der Waals surface area contributed by atoms with Gasteiger partial charge in [0.25, 0.3) is 0 Å². The van der Waals surface area contributed by atoms with E-state index in [0.29, 0.717) is 138 Å². The van der Waals surface area contributed by atoms with E-state index in [0.717, 1.165) is 6.29 Å². The molecule has 0 bridgehead atoms. The van der Waals surface area contributed by atoms with Crippen LogP contribution in [0.25, 0.3) is 0 Å². The standard InChI is InChI=1S/C27H55N3O13/c28-2-7-34-11-15-39-20-22-41-24-26(25-42-23-21-40-16-12-35-8-3-29)43-27(32)30-4-9-36-13-17-38-19-18-37-14-10-33-6-1-5-31/h5,26H,1-4,6-25,28-29H2,(H,30,32). The van der Waals surface area contributed by atoms with Crippen LogP contribution < -0.4 is 16.8 Å². The smallest absolute Gasteiger partial charge is 0.407 e. The fraction of sp³-hybridized carbons (Fsp3) is 0.926. The van der Waals surface area contributed by atoms with E-state index < -0.39 is 12.2 Å². The van der Waals surface area contributed by atoms with Crippen molar-refractivity contribution in [3.8, 4) is 0 Å². The third-order valence-corrected chi connectivity index (χ3v) is 4.91. The van der Waals surface area contributed by atoms with E-state index in [1.54, 1.807) is 0 Å². The Hall–Kier alpha value is -1.54. The van der Waals surface area contributed by atoms with Crippen molar-refractivity contribution >= 4 is 12.4 Å². The lowest BCUT2D eigenvalue weighted by Crippen LogP contribution is -2.36. The maximum Gasteiger partial charge on any atom is 0.407 e. The number of nitrogens with one attached hydrogen (secondary N) is 1. The molecule has 0 aliphatic heterocycles. The molecule has 0 heterocycles. The molecule has 0 saturated carbocycles. The maximum atomic E-state index is 12.3. The third kappa shape index (κ3) is 34.8. The maximum absolute atomic E-state index is 12.3. The molecule has 0 aromatic carbocycles. The van der Waals surface area contributed by atoms with Crippen molar-refractivity contribution in [2.75, 3.05) is 152 Å². The quantitative estimate of drug-likeness (QED) is 0.0548. The molecule has 0 aliphatic carbocycles. The van der Waals surface area contributed by atoms with Gasteiger partial charge >= 0.3 is 6.09 Å². The Morgan fingerprint density at radius 2 is 0.860 bits per heavy atom. The number of amides is 1. The van der Waals surface area contributed by atoms with Crippen molar-refractivity contribution in [2.24, 2.45) is 11.5 Å². The number of aldehydes is 1. The first-order valence-corrected chi connectivity index (χ1v) is 14.8. The summed E-state index contributed by atoms with van der Waals surface area (Å²) in [5.41, 5.74) is 10.7. The highest BCUT2D eigenvalue weighted by Gasteiger charge is 2.15. The molecule has 0 spiro atoms. The van der Waals surface area contributed by atoms with E-state index in [2.05, 4.69) is 5.32 Å². The highest BCUT2D eigenvalue weighted by Crippen LogP contribution is 1.98. The lowest BCUT2D eigenvalue weighted by atomic mass is 10.4. The zero-order valence-electron chi connectivity index (χ0n) is 25.6. The first-order valence-electron chi connectivity index (χ1n) is 14.8. The summed E-state index contributed by atoms with van der Waals surface area (Å²) in [5.74, 6) is 0. The zero-order valence-corrected chi connectivity index (χ0v) is 25.6. The summed E-state index contributed by atoms with van der Waals surface area (Å²) in [5, 5.41) is 2.64. The monoisotopic (exact) mass is 629 g/mol. The van der Waals surface area contributed by atoms with E-state index in [1.807, 2.05) is 0 Å². The van der Waals surface area contributed by atoms with Gasteiger partial charge in [0.15, 0.2) is 6.10 Å². The van der Waals surface area contributed by atoms with Crippen LogP contribution in [0.3, 0.4) is 0 Å². The fourth-order valence-electron chi connectivity index (χ4n) is 2.90. The average Bonchev–Trinajstić information content (AvgIpc) is 3.01. The third-order valence-electron chi connectivity index (χ3n) is 4.91. The molecule has 0 aromatic heterocycles. The second kappa shape index (κ2) is 36.7. The van der Waals surface area contributed by atoms with E-state index in [9.17, 15) is 9.59 Å². The van der Waals surface area contributed by atoms with Crippen LogP contribution in [-0.4, -0.2) is 170 Å². The van der Waals surface area contributed by atoms with Crippen molar-refractivity contribution in [3.05, 3.63) is 0 Å². The van der Waals surface area contributed by atoms with Crippen LogP contribution >= 0.6 is 0 Å². The number of ether oxygens (including phenoxy) is 11. The number of hydrogen-bond donors (Lipinski definition) is 3. The molecule has 0 atom stereocenters. The molecule has 43 heavy (non-hydrogen) atoms.